The summed E-state index contributed by atoms with van der Waals surface area (Å²) in [5, 5.41) is 0. The minimum absolute atomic E-state index is 0.571. The molecular formula is C18H40N2. The quantitative estimate of drug-likeness (QED) is 0.405. The molecule has 0 saturated heterocycles. The first kappa shape index (κ1) is 19.9. The predicted molar refractivity (Wildman–Crippen MR) is 92.2 cm³/mol. The molecule has 2 nitrogen and oxygen atoms in total. The fourth-order valence-electron chi connectivity index (χ4n) is 3.60. The molecule has 0 amide bonds. The Bertz CT molecular complexity index is 198. The Morgan fingerprint density at radius 1 is 0.600 bits per heavy atom. The van der Waals surface area contributed by atoms with Crippen LogP contribution in [0.3, 0.4) is 0 Å². The number of rotatable bonds is 10. The highest BCUT2D eigenvalue weighted by molar-refractivity contribution is 4.82. The van der Waals surface area contributed by atoms with E-state index in [0.29, 0.717) is 30.3 Å². The second-order valence-corrected chi connectivity index (χ2v) is 7.25. The second-order valence-electron chi connectivity index (χ2n) is 7.25. The summed E-state index contributed by atoms with van der Waals surface area (Å²) in [5.74, 6) is 0. The standard InChI is InChI=1S/C18H40N2/c1-10-11-12-13-18(19(14(2)3)15(4)5)20(16(6)7)17(8)9/h14-18H,10-13H2,1-9H3. The number of hydrogen-bond acceptors (Lipinski definition) is 2. The summed E-state index contributed by atoms with van der Waals surface area (Å²) >= 11 is 0. The summed E-state index contributed by atoms with van der Waals surface area (Å²) in [4.78, 5) is 5.41. The Morgan fingerprint density at radius 3 is 1.20 bits per heavy atom. The Labute approximate surface area is 128 Å². The van der Waals surface area contributed by atoms with Gasteiger partial charge in [-0.2, -0.15) is 0 Å². The largest absolute Gasteiger partial charge is 0.283 e. The zero-order valence-corrected chi connectivity index (χ0v) is 15.6. The molecule has 20 heavy (non-hydrogen) atoms. The molecule has 122 valence electrons. The molecule has 0 fully saturated rings. The van der Waals surface area contributed by atoms with Crippen molar-refractivity contribution in [2.24, 2.45) is 0 Å². The van der Waals surface area contributed by atoms with Crippen molar-refractivity contribution in [2.75, 3.05) is 0 Å². The van der Waals surface area contributed by atoms with Gasteiger partial charge in [-0.25, -0.2) is 0 Å². The van der Waals surface area contributed by atoms with Gasteiger partial charge in [0, 0.05) is 24.2 Å². The lowest BCUT2D eigenvalue weighted by Gasteiger charge is -2.48. The van der Waals surface area contributed by atoms with E-state index in [1.165, 1.54) is 25.7 Å². The van der Waals surface area contributed by atoms with Gasteiger partial charge in [-0.3, -0.25) is 9.80 Å². The first-order valence-corrected chi connectivity index (χ1v) is 8.78. The molecule has 0 radical (unpaired) electrons. The van der Waals surface area contributed by atoms with Crippen LogP contribution < -0.4 is 0 Å². The third-order valence-corrected chi connectivity index (χ3v) is 4.14. The molecule has 0 aromatic heterocycles. The van der Waals surface area contributed by atoms with Crippen molar-refractivity contribution < 1.29 is 0 Å². The molecule has 0 aliphatic carbocycles. The van der Waals surface area contributed by atoms with Crippen LogP contribution in [0.1, 0.15) is 88.0 Å². The van der Waals surface area contributed by atoms with Gasteiger partial charge in [0.25, 0.3) is 0 Å². The zero-order chi connectivity index (χ0) is 15.9. The summed E-state index contributed by atoms with van der Waals surface area (Å²) in [5.41, 5.74) is 0. The van der Waals surface area contributed by atoms with Crippen LogP contribution >= 0.6 is 0 Å². The van der Waals surface area contributed by atoms with Crippen molar-refractivity contribution in [2.45, 2.75) is 118 Å². The van der Waals surface area contributed by atoms with Crippen molar-refractivity contribution in [3.63, 3.8) is 0 Å². The van der Waals surface area contributed by atoms with E-state index in [-0.39, 0.29) is 0 Å². The molecule has 0 heterocycles. The maximum atomic E-state index is 2.70. The van der Waals surface area contributed by atoms with E-state index in [4.69, 9.17) is 0 Å². The Kier molecular flexibility index (Phi) is 9.74. The first-order valence-electron chi connectivity index (χ1n) is 8.78. The molecule has 0 N–H and O–H groups in total. The topological polar surface area (TPSA) is 6.48 Å². The highest BCUT2D eigenvalue weighted by Crippen LogP contribution is 2.24. The van der Waals surface area contributed by atoms with Crippen molar-refractivity contribution in [1.82, 2.24) is 9.80 Å². The van der Waals surface area contributed by atoms with Gasteiger partial charge in [-0.15, -0.1) is 0 Å². The molecule has 0 aromatic carbocycles. The molecule has 0 atom stereocenters. The number of unbranched alkanes of at least 4 members (excludes halogenated alkanes) is 2. The summed E-state index contributed by atoms with van der Waals surface area (Å²) in [6.07, 6.45) is 5.86. The Balaban J connectivity index is 5.20. The highest BCUT2D eigenvalue weighted by atomic mass is 15.4. The lowest BCUT2D eigenvalue weighted by molar-refractivity contribution is -0.0403. The fraction of sp³-hybridized carbons (Fsp3) is 1.00. The summed E-state index contributed by atoms with van der Waals surface area (Å²) in [6.45, 7) is 21.0. The highest BCUT2D eigenvalue weighted by Gasteiger charge is 2.31. The summed E-state index contributed by atoms with van der Waals surface area (Å²) < 4.78 is 0. The van der Waals surface area contributed by atoms with Crippen molar-refractivity contribution in [3.8, 4) is 0 Å². The van der Waals surface area contributed by atoms with Crippen LogP contribution in [0, 0.1) is 0 Å². The van der Waals surface area contributed by atoms with Crippen molar-refractivity contribution >= 4 is 0 Å². The first-order chi connectivity index (χ1) is 9.23. The second kappa shape index (κ2) is 9.78. The third kappa shape index (κ3) is 6.13. The van der Waals surface area contributed by atoms with Crippen LogP contribution in [-0.2, 0) is 0 Å². The lowest BCUT2D eigenvalue weighted by Crippen LogP contribution is -2.57. The van der Waals surface area contributed by atoms with Gasteiger partial charge in [0.2, 0.25) is 0 Å². The van der Waals surface area contributed by atoms with Gasteiger partial charge in [0.1, 0.15) is 0 Å². The molecule has 0 unspecified atom stereocenters. The van der Waals surface area contributed by atoms with Gasteiger partial charge >= 0.3 is 0 Å². The van der Waals surface area contributed by atoms with Crippen LogP contribution in [0.15, 0.2) is 0 Å². The van der Waals surface area contributed by atoms with E-state index in [2.05, 4.69) is 72.1 Å². The van der Waals surface area contributed by atoms with Gasteiger partial charge in [0.15, 0.2) is 0 Å². The lowest BCUT2D eigenvalue weighted by atomic mass is 10.0. The molecule has 2 heteroatoms. The number of hydrogen-bond donors (Lipinski definition) is 0. The zero-order valence-electron chi connectivity index (χ0n) is 15.6. The molecule has 0 aromatic rings. The maximum Gasteiger partial charge on any atom is 0.0631 e. The molecular weight excluding hydrogens is 244 g/mol. The minimum Gasteiger partial charge on any atom is -0.283 e. The average Bonchev–Trinajstić information content (AvgIpc) is 2.26. The van der Waals surface area contributed by atoms with Crippen LogP contribution in [0.5, 0.6) is 0 Å². The van der Waals surface area contributed by atoms with E-state index in [1.807, 2.05) is 0 Å². The predicted octanol–water partition coefficient (Wildman–Crippen LogP) is 5.13. The fourth-order valence-corrected chi connectivity index (χ4v) is 3.60. The van der Waals surface area contributed by atoms with E-state index >= 15 is 0 Å². The summed E-state index contributed by atoms with van der Waals surface area (Å²) in [7, 11) is 0. The normalized spacial score (nSPS) is 13.2. The third-order valence-electron chi connectivity index (χ3n) is 4.14. The van der Waals surface area contributed by atoms with Crippen LogP contribution in [0.25, 0.3) is 0 Å². The maximum absolute atomic E-state index is 2.70. The Morgan fingerprint density at radius 2 is 0.950 bits per heavy atom. The van der Waals surface area contributed by atoms with Gasteiger partial charge in [-0.1, -0.05) is 26.2 Å². The average molecular weight is 285 g/mol. The van der Waals surface area contributed by atoms with Gasteiger partial charge < -0.3 is 0 Å². The van der Waals surface area contributed by atoms with Crippen LogP contribution in [-0.4, -0.2) is 40.1 Å². The monoisotopic (exact) mass is 284 g/mol. The van der Waals surface area contributed by atoms with Crippen LogP contribution in [0.4, 0.5) is 0 Å². The van der Waals surface area contributed by atoms with Crippen molar-refractivity contribution in [3.05, 3.63) is 0 Å². The molecule has 0 bridgehead atoms. The smallest absolute Gasteiger partial charge is 0.0631 e. The van der Waals surface area contributed by atoms with E-state index < -0.39 is 0 Å². The number of nitrogens with zero attached hydrogens (tertiary/aromatic N) is 2. The molecule has 0 aliphatic heterocycles. The molecule has 0 saturated carbocycles. The van der Waals surface area contributed by atoms with E-state index in [9.17, 15) is 0 Å². The van der Waals surface area contributed by atoms with Gasteiger partial charge in [-0.05, 0) is 61.8 Å². The Hall–Kier alpha value is -0.0800. The van der Waals surface area contributed by atoms with E-state index in [0.717, 1.165) is 0 Å². The molecule has 0 rings (SSSR count). The minimum atomic E-state index is 0.571. The van der Waals surface area contributed by atoms with Crippen molar-refractivity contribution in [1.29, 1.82) is 0 Å². The van der Waals surface area contributed by atoms with Crippen LogP contribution in [0.2, 0.25) is 0 Å². The SMILES string of the molecule is CCCCCC(N(C(C)C)C(C)C)N(C(C)C)C(C)C. The molecule has 0 spiro atoms. The van der Waals surface area contributed by atoms with Gasteiger partial charge in [0.05, 0.1) is 6.17 Å². The van der Waals surface area contributed by atoms with E-state index in [1.54, 1.807) is 0 Å². The summed E-state index contributed by atoms with van der Waals surface area (Å²) in [6, 6.07) is 2.39. The molecule has 0 aliphatic rings.